The molecule has 0 saturated heterocycles. The van der Waals surface area contributed by atoms with Crippen molar-refractivity contribution in [1.82, 2.24) is 4.98 Å². The highest BCUT2D eigenvalue weighted by Crippen LogP contribution is 2.13. The molecule has 0 aliphatic heterocycles. The molecule has 1 heterocycles. The van der Waals surface area contributed by atoms with Crippen LogP contribution in [0.25, 0.3) is 10.4 Å². The van der Waals surface area contributed by atoms with Crippen molar-refractivity contribution in [3.05, 3.63) is 39.0 Å². The van der Waals surface area contributed by atoms with Crippen molar-refractivity contribution >= 4 is 11.6 Å². The Hall–Kier alpha value is -1.25. The monoisotopic (exact) mass is 182 g/mol. The van der Waals surface area contributed by atoms with Crippen LogP contribution in [0, 0.1) is 6.92 Å². The third kappa shape index (κ3) is 2.12. The lowest BCUT2D eigenvalue weighted by molar-refractivity contribution is 0.994. The summed E-state index contributed by atoms with van der Waals surface area (Å²) in [4.78, 5) is 6.67. The lowest BCUT2D eigenvalue weighted by atomic mass is 10.2. The third-order valence-corrected chi connectivity index (χ3v) is 1.67. The van der Waals surface area contributed by atoms with Gasteiger partial charge < -0.3 is 0 Å². The maximum atomic E-state index is 8.09. The topological polar surface area (TPSA) is 61.7 Å². The van der Waals surface area contributed by atoms with E-state index in [4.69, 9.17) is 17.1 Å². The number of aromatic nitrogens is 1. The van der Waals surface area contributed by atoms with Crippen LogP contribution in [0.1, 0.15) is 11.3 Å². The van der Waals surface area contributed by atoms with Crippen LogP contribution in [-0.4, -0.2) is 4.98 Å². The lowest BCUT2D eigenvalue weighted by Gasteiger charge is -2.00. The zero-order valence-corrected chi connectivity index (χ0v) is 7.28. The van der Waals surface area contributed by atoms with Gasteiger partial charge in [-0.05, 0) is 24.1 Å². The van der Waals surface area contributed by atoms with Crippen LogP contribution in [0.2, 0.25) is 5.02 Å². The van der Waals surface area contributed by atoms with E-state index >= 15 is 0 Å². The Bertz CT molecular complexity index is 330. The minimum absolute atomic E-state index is 0.301. The minimum Gasteiger partial charge on any atom is -0.260 e. The highest BCUT2D eigenvalue weighted by molar-refractivity contribution is 6.30. The molecule has 0 atom stereocenters. The molecule has 0 amide bonds. The number of azide groups is 1. The van der Waals surface area contributed by atoms with E-state index in [-0.39, 0.29) is 0 Å². The summed E-state index contributed by atoms with van der Waals surface area (Å²) in [6, 6.07) is 1.75. The fourth-order valence-corrected chi connectivity index (χ4v) is 0.998. The number of hydrogen-bond acceptors (Lipinski definition) is 2. The molecule has 0 aliphatic carbocycles. The molecule has 0 aromatic carbocycles. The predicted octanol–water partition coefficient (Wildman–Crippen LogP) is 2.85. The van der Waals surface area contributed by atoms with Crippen molar-refractivity contribution < 1.29 is 0 Å². The maximum absolute atomic E-state index is 8.09. The highest BCUT2D eigenvalue weighted by Gasteiger charge is 1.98. The van der Waals surface area contributed by atoms with Crippen LogP contribution < -0.4 is 0 Å². The van der Waals surface area contributed by atoms with E-state index < -0.39 is 0 Å². The Labute approximate surface area is 74.8 Å². The van der Waals surface area contributed by atoms with E-state index in [1.54, 1.807) is 12.3 Å². The molecule has 4 nitrogen and oxygen atoms in total. The van der Waals surface area contributed by atoms with Crippen molar-refractivity contribution in [1.29, 1.82) is 0 Å². The van der Waals surface area contributed by atoms with Gasteiger partial charge in [0.25, 0.3) is 0 Å². The average Bonchev–Trinajstić information content (AvgIpc) is 2.07. The largest absolute Gasteiger partial charge is 0.260 e. The summed E-state index contributed by atoms with van der Waals surface area (Å²) in [5.74, 6) is 0. The van der Waals surface area contributed by atoms with Crippen molar-refractivity contribution in [2.75, 3.05) is 0 Å². The Kier molecular flexibility index (Phi) is 2.91. The number of halogens is 1. The van der Waals surface area contributed by atoms with Gasteiger partial charge in [-0.25, -0.2) is 0 Å². The Balaban J connectivity index is 2.96. The zero-order valence-electron chi connectivity index (χ0n) is 6.53. The van der Waals surface area contributed by atoms with Crippen molar-refractivity contribution in [2.24, 2.45) is 5.11 Å². The quantitative estimate of drug-likeness (QED) is 0.394. The van der Waals surface area contributed by atoms with Gasteiger partial charge in [0, 0.05) is 16.8 Å². The van der Waals surface area contributed by atoms with Crippen LogP contribution in [-0.2, 0) is 6.54 Å². The second-order valence-corrected chi connectivity index (χ2v) is 2.72. The van der Waals surface area contributed by atoms with Crippen molar-refractivity contribution in [2.45, 2.75) is 13.5 Å². The Morgan fingerprint density at radius 1 is 1.75 bits per heavy atom. The van der Waals surface area contributed by atoms with Crippen LogP contribution >= 0.6 is 11.6 Å². The molecule has 0 spiro atoms. The zero-order chi connectivity index (χ0) is 8.97. The van der Waals surface area contributed by atoms with Gasteiger partial charge in [-0.15, -0.1) is 0 Å². The van der Waals surface area contributed by atoms with Gasteiger partial charge >= 0.3 is 0 Å². The highest BCUT2D eigenvalue weighted by atomic mass is 35.5. The number of aryl methyl sites for hydroxylation is 1. The van der Waals surface area contributed by atoms with Crippen LogP contribution in [0.15, 0.2) is 17.4 Å². The molecular formula is C7H7ClN4. The van der Waals surface area contributed by atoms with Gasteiger partial charge in [0.15, 0.2) is 0 Å². The summed E-state index contributed by atoms with van der Waals surface area (Å²) in [5.41, 5.74) is 9.79. The number of pyridine rings is 1. The van der Waals surface area contributed by atoms with Crippen LogP contribution in [0.5, 0.6) is 0 Å². The standard InChI is InChI=1S/C7H7ClN4/c1-5-6(3-11-12-9)2-7(8)4-10-5/h2,4H,3H2,1H3. The summed E-state index contributed by atoms with van der Waals surface area (Å²) in [7, 11) is 0. The first-order chi connectivity index (χ1) is 5.74. The van der Waals surface area contributed by atoms with Gasteiger partial charge in [0.05, 0.1) is 11.6 Å². The molecule has 0 fully saturated rings. The van der Waals surface area contributed by atoms with Crippen molar-refractivity contribution in [3.63, 3.8) is 0 Å². The molecule has 0 aliphatic rings. The van der Waals surface area contributed by atoms with E-state index in [1.165, 1.54) is 0 Å². The van der Waals surface area contributed by atoms with E-state index in [9.17, 15) is 0 Å². The Morgan fingerprint density at radius 3 is 3.17 bits per heavy atom. The van der Waals surface area contributed by atoms with Gasteiger partial charge in [0.2, 0.25) is 0 Å². The van der Waals surface area contributed by atoms with Gasteiger partial charge in [-0.2, -0.15) is 0 Å². The van der Waals surface area contributed by atoms with E-state index in [0.717, 1.165) is 11.3 Å². The first-order valence-corrected chi connectivity index (χ1v) is 3.73. The molecule has 0 N–H and O–H groups in total. The summed E-state index contributed by atoms with van der Waals surface area (Å²) >= 11 is 5.70. The molecule has 0 saturated carbocycles. The van der Waals surface area contributed by atoms with Gasteiger partial charge in [-0.1, -0.05) is 16.7 Å². The number of rotatable bonds is 2. The first kappa shape index (κ1) is 8.84. The summed E-state index contributed by atoms with van der Waals surface area (Å²) < 4.78 is 0. The molecule has 1 aromatic heterocycles. The molecule has 62 valence electrons. The molecule has 12 heavy (non-hydrogen) atoms. The van der Waals surface area contributed by atoms with Crippen molar-refractivity contribution in [3.8, 4) is 0 Å². The maximum Gasteiger partial charge on any atom is 0.0592 e. The second-order valence-electron chi connectivity index (χ2n) is 2.29. The third-order valence-electron chi connectivity index (χ3n) is 1.46. The molecule has 0 bridgehead atoms. The summed E-state index contributed by atoms with van der Waals surface area (Å²) in [6.07, 6.45) is 1.57. The average molecular weight is 183 g/mol. The number of hydrogen-bond donors (Lipinski definition) is 0. The molecule has 1 rings (SSSR count). The fraction of sp³-hybridized carbons (Fsp3) is 0.286. The van der Waals surface area contributed by atoms with Crippen LogP contribution in [0.4, 0.5) is 0 Å². The second kappa shape index (κ2) is 3.95. The SMILES string of the molecule is Cc1ncc(Cl)cc1CN=[N+]=[N-]. The first-order valence-electron chi connectivity index (χ1n) is 3.36. The van der Waals surface area contributed by atoms with E-state index in [1.807, 2.05) is 6.92 Å². The summed E-state index contributed by atoms with van der Waals surface area (Å²) in [5, 5.41) is 3.98. The van der Waals surface area contributed by atoms with Crippen LogP contribution in [0.3, 0.4) is 0 Å². The molecule has 0 radical (unpaired) electrons. The number of nitrogens with zero attached hydrogens (tertiary/aromatic N) is 4. The molecular weight excluding hydrogens is 176 g/mol. The Morgan fingerprint density at radius 2 is 2.50 bits per heavy atom. The molecule has 0 unspecified atom stereocenters. The minimum atomic E-state index is 0.301. The van der Waals surface area contributed by atoms with E-state index in [2.05, 4.69) is 15.0 Å². The predicted molar refractivity (Wildman–Crippen MR) is 46.8 cm³/mol. The fourth-order valence-electron chi connectivity index (χ4n) is 0.817. The molecule has 5 heteroatoms. The summed E-state index contributed by atoms with van der Waals surface area (Å²) in [6.45, 7) is 2.15. The molecule has 1 aromatic rings. The van der Waals surface area contributed by atoms with Gasteiger partial charge in [-0.3, -0.25) is 4.98 Å². The van der Waals surface area contributed by atoms with Gasteiger partial charge in [0.1, 0.15) is 0 Å². The smallest absolute Gasteiger partial charge is 0.0592 e. The lowest BCUT2D eigenvalue weighted by Crippen LogP contribution is -1.89. The normalized spacial score (nSPS) is 9.17. The van der Waals surface area contributed by atoms with E-state index in [0.29, 0.717) is 11.6 Å².